The second-order valence-corrected chi connectivity index (χ2v) is 7.10. The summed E-state index contributed by atoms with van der Waals surface area (Å²) in [6.07, 6.45) is 0. The lowest BCUT2D eigenvalue weighted by molar-refractivity contribution is 0.537. The SMILES string of the molecule is CCN[C@H](C)CNS(=O)(=O)c1sccc1Br.Cl. The Kier molecular flexibility index (Phi) is 7.86. The summed E-state index contributed by atoms with van der Waals surface area (Å²) < 4.78 is 27.2. The van der Waals surface area contributed by atoms with E-state index in [2.05, 4.69) is 26.0 Å². The van der Waals surface area contributed by atoms with Gasteiger partial charge in [-0.2, -0.15) is 0 Å². The molecular weight excluding hydrogens is 348 g/mol. The molecule has 1 atom stereocenters. The Morgan fingerprint density at radius 2 is 2.18 bits per heavy atom. The zero-order valence-electron chi connectivity index (χ0n) is 9.57. The van der Waals surface area contributed by atoms with Gasteiger partial charge in [-0.15, -0.1) is 23.7 Å². The van der Waals surface area contributed by atoms with Crippen LogP contribution in [0.1, 0.15) is 13.8 Å². The number of sulfonamides is 1. The van der Waals surface area contributed by atoms with Gasteiger partial charge >= 0.3 is 0 Å². The van der Waals surface area contributed by atoms with E-state index in [0.717, 1.165) is 6.54 Å². The van der Waals surface area contributed by atoms with Crippen molar-refractivity contribution in [1.82, 2.24) is 10.0 Å². The van der Waals surface area contributed by atoms with Crippen LogP contribution in [0.2, 0.25) is 0 Å². The predicted molar refractivity (Wildman–Crippen MR) is 77.6 cm³/mol. The van der Waals surface area contributed by atoms with Gasteiger partial charge in [0.15, 0.2) is 0 Å². The fraction of sp³-hybridized carbons (Fsp3) is 0.556. The third-order valence-corrected chi connectivity index (χ3v) is 6.05. The van der Waals surface area contributed by atoms with E-state index in [-0.39, 0.29) is 18.4 Å². The summed E-state index contributed by atoms with van der Waals surface area (Å²) >= 11 is 4.42. The van der Waals surface area contributed by atoms with Crippen molar-refractivity contribution in [3.8, 4) is 0 Å². The molecule has 1 aromatic heterocycles. The van der Waals surface area contributed by atoms with E-state index in [1.165, 1.54) is 11.3 Å². The lowest BCUT2D eigenvalue weighted by Gasteiger charge is -2.12. The molecule has 0 unspecified atom stereocenters. The van der Waals surface area contributed by atoms with Crippen molar-refractivity contribution < 1.29 is 8.42 Å². The topological polar surface area (TPSA) is 58.2 Å². The van der Waals surface area contributed by atoms with Crippen LogP contribution in [0.5, 0.6) is 0 Å². The maximum atomic E-state index is 11.9. The Hall–Kier alpha value is 0.340. The van der Waals surface area contributed by atoms with Crippen molar-refractivity contribution in [2.75, 3.05) is 13.1 Å². The highest BCUT2D eigenvalue weighted by Gasteiger charge is 2.19. The van der Waals surface area contributed by atoms with Crippen molar-refractivity contribution in [2.24, 2.45) is 0 Å². The molecule has 4 nitrogen and oxygen atoms in total. The molecule has 0 spiro atoms. The van der Waals surface area contributed by atoms with E-state index in [1.54, 1.807) is 11.4 Å². The number of rotatable bonds is 6. The van der Waals surface area contributed by atoms with Gasteiger partial charge in [-0.25, -0.2) is 13.1 Å². The van der Waals surface area contributed by atoms with E-state index in [9.17, 15) is 8.42 Å². The number of likely N-dealkylation sites (N-methyl/N-ethyl adjacent to an activating group) is 1. The first kappa shape index (κ1) is 17.3. The standard InChI is InChI=1S/C9H15BrN2O2S2.ClH/c1-3-11-7(2)6-12-16(13,14)9-8(10)4-5-15-9;/h4-5,7,11-12H,3,6H2,1-2H3;1H/t7-;/m1./s1. The van der Waals surface area contributed by atoms with Crippen LogP contribution in [0, 0.1) is 0 Å². The molecule has 0 saturated heterocycles. The molecule has 8 heteroatoms. The van der Waals surface area contributed by atoms with Crippen molar-refractivity contribution in [3.63, 3.8) is 0 Å². The van der Waals surface area contributed by atoms with Crippen LogP contribution < -0.4 is 10.0 Å². The Morgan fingerprint density at radius 1 is 1.53 bits per heavy atom. The lowest BCUT2D eigenvalue weighted by Crippen LogP contribution is -2.38. The Balaban J connectivity index is 0.00000256. The largest absolute Gasteiger partial charge is 0.313 e. The van der Waals surface area contributed by atoms with Crippen LogP contribution in [-0.4, -0.2) is 27.5 Å². The number of hydrogen-bond acceptors (Lipinski definition) is 4. The summed E-state index contributed by atoms with van der Waals surface area (Å²) in [4.78, 5) is 0. The van der Waals surface area contributed by atoms with Crippen LogP contribution >= 0.6 is 39.7 Å². The summed E-state index contributed by atoms with van der Waals surface area (Å²) in [5.74, 6) is 0. The van der Waals surface area contributed by atoms with Gasteiger partial charge in [-0.05, 0) is 40.8 Å². The summed E-state index contributed by atoms with van der Waals surface area (Å²) in [6, 6.07) is 1.85. The zero-order chi connectivity index (χ0) is 12.2. The summed E-state index contributed by atoms with van der Waals surface area (Å²) in [5.41, 5.74) is 0. The number of thiophene rings is 1. The minimum atomic E-state index is -3.38. The van der Waals surface area contributed by atoms with Gasteiger partial charge in [0.05, 0.1) is 0 Å². The minimum absolute atomic E-state index is 0. The first-order valence-electron chi connectivity index (χ1n) is 4.93. The van der Waals surface area contributed by atoms with Crippen LogP contribution in [0.4, 0.5) is 0 Å². The predicted octanol–water partition coefficient (Wildman–Crippen LogP) is 2.21. The fourth-order valence-electron chi connectivity index (χ4n) is 1.19. The van der Waals surface area contributed by atoms with E-state index >= 15 is 0 Å². The van der Waals surface area contributed by atoms with Crippen molar-refractivity contribution in [2.45, 2.75) is 24.1 Å². The van der Waals surface area contributed by atoms with Crippen molar-refractivity contribution in [1.29, 1.82) is 0 Å². The van der Waals surface area contributed by atoms with Gasteiger partial charge in [0, 0.05) is 17.1 Å². The first-order valence-corrected chi connectivity index (χ1v) is 8.09. The summed E-state index contributed by atoms with van der Waals surface area (Å²) in [5, 5.41) is 4.89. The fourth-order valence-corrected chi connectivity index (χ4v) is 4.70. The molecule has 1 heterocycles. The van der Waals surface area contributed by atoms with Gasteiger partial charge in [-0.1, -0.05) is 6.92 Å². The molecule has 0 bridgehead atoms. The highest BCUT2D eigenvalue weighted by Crippen LogP contribution is 2.27. The molecule has 2 N–H and O–H groups in total. The van der Waals surface area contributed by atoms with Crippen LogP contribution in [0.15, 0.2) is 20.1 Å². The van der Waals surface area contributed by atoms with Gasteiger partial charge < -0.3 is 5.32 Å². The number of nitrogens with one attached hydrogen (secondary N) is 2. The normalized spacial score (nSPS) is 13.1. The van der Waals surface area contributed by atoms with Gasteiger partial charge in [-0.3, -0.25) is 0 Å². The third-order valence-electron chi connectivity index (χ3n) is 1.96. The molecule has 0 fully saturated rings. The number of halogens is 2. The maximum absolute atomic E-state index is 11.9. The molecule has 1 rings (SSSR count). The second-order valence-electron chi connectivity index (χ2n) is 3.37. The Morgan fingerprint density at radius 3 is 2.65 bits per heavy atom. The van der Waals surface area contributed by atoms with E-state index in [1.807, 2.05) is 13.8 Å². The average molecular weight is 364 g/mol. The summed E-state index contributed by atoms with van der Waals surface area (Å²) in [7, 11) is -3.38. The third kappa shape index (κ3) is 5.23. The molecule has 0 amide bonds. The van der Waals surface area contributed by atoms with Crippen molar-refractivity contribution >= 4 is 49.7 Å². The van der Waals surface area contributed by atoms with Crippen LogP contribution in [0.3, 0.4) is 0 Å². The van der Waals surface area contributed by atoms with Crippen LogP contribution in [-0.2, 0) is 10.0 Å². The maximum Gasteiger partial charge on any atom is 0.251 e. The molecular formula is C9H16BrClN2O2S2. The zero-order valence-corrected chi connectivity index (χ0v) is 13.6. The molecule has 0 aliphatic heterocycles. The van der Waals surface area contributed by atoms with Crippen molar-refractivity contribution in [3.05, 3.63) is 15.9 Å². The highest BCUT2D eigenvalue weighted by atomic mass is 79.9. The molecule has 0 aliphatic carbocycles. The minimum Gasteiger partial charge on any atom is -0.313 e. The summed E-state index contributed by atoms with van der Waals surface area (Å²) in [6.45, 7) is 5.14. The molecule has 0 aliphatic rings. The van der Waals surface area contributed by atoms with Gasteiger partial charge in [0.2, 0.25) is 0 Å². The van der Waals surface area contributed by atoms with E-state index in [4.69, 9.17) is 0 Å². The lowest BCUT2D eigenvalue weighted by atomic mass is 10.3. The Labute approximate surface area is 121 Å². The van der Waals surface area contributed by atoms with E-state index < -0.39 is 10.0 Å². The molecule has 1 aromatic rings. The Bertz CT molecular complexity index is 436. The second kappa shape index (κ2) is 7.70. The van der Waals surface area contributed by atoms with Gasteiger partial charge in [0.25, 0.3) is 10.0 Å². The molecule has 0 aromatic carbocycles. The smallest absolute Gasteiger partial charge is 0.251 e. The quantitative estimate of drug-likeness (QED) is 0.814. The number of hydrogen-bond donors (Lipinski definition) is 2. The molecule has 0 saturated carbocycles. The first-order chi connectivity index (χ1) is 7.47. The monoisotopic (exact) mass is 362 g/mol. The average Bonchev–Trinajstić information content (AvgIpc) is 2.63. The molecule has 17 heavy (non-hydrogen) atoms. The molecule has 100 valence electrons. The molecule has 0 radical (unpaired) electrons. The van der Waals surface area contributed by atoms with Crippen LogP contribution in [0.25, 0.3) is 0 Å². The highest BCUT2D eigenvalue weighted by molar-refractivity contribution is 9.10. The van der Waals surface area contributed by atoms with Gasteiger partial charge in [0.1, 0.15) is 4.21 Å². The van der Waals surface area contributed by atoms with E-state index in [0.29, 0.717) is 15.2 Å².